The maximum absolute atomic E-state index is 10.9. The lowest BCUT2D eigenvalue weighted by molar-refractivity contribution is 0.507. The van der Waals surface area contributed by atoms with Crippen molar-refractivity contribution in [3.8, 4) is 0 Å². The predicted molar refractivity (Wildman–Crippen MR) is 44.4 cm³/mol. The molecule has 0 saturated carbocycles. The molecule has 2 heterocycles. The van der Waals surface area contributed by atoms with Crippen molar-refractivity contribution in [1.29, 1.82) is 0 Å². The highest BCUT2D eigenvalue weighted by Gasteiger charge is 2.13. The summed E-state index contributed by atoms with van der Waals surface area (Å²) in [5, 5.41) is 0. The van der Waals surface area contributed by atoms with E-state index in [1.54, 1.807) is 0 Å². The first-order valence-electron chi connectivity index (χ1n) is 3.92. The van der Waals surface area contributed by atoms with Crippen molar-refractivity contribution >= 4 is 11.3 Å². The second-order valence-corrected chi connectivity index (χ2v) is 3.01. The van der Waals surface area contributed by atoms with E-state index in [0.29, 0.717) is 11.3 Å². The maximum atomic E-state index is 10.9. The number of rotatable bonds is 1. The van der Waals surface area contributed by atoms with Crippen LogP contribution in [0.4, 0.5) is 0 Å². The van der Waals surface area contributed by atoms with E-state index >= 15 is 0 Å². The molecule has 0 radical (unpaired) electrons. The summed E-state index contributed by atoms with van der Waals surface area (Å²) in [6, 6.07) is 0. The quantitative estimate of drug-likeness (QED) is 0.661. The Labute approximate surface area is 73.4 Å². The maximum Gasteiger partial charge on any atom is 0.440 e. The van der Waals surface area contributed by atoms with Gasteiger partial charge in [-0.05, 0) is 5.92 Å². The highest BCUT2D eigenvalue weighted by molar-refractivity contribution is 5.67. The van der Waals surface area contributed by atoms with Crippen molar-refractivity contribution in [3.05, 3.63) is 22.6 Å². The third-order valence-corrected chi connectivity index (χ3v) is 1.71. The number of nitrogens with zero attached hydrogens (tertiary/aromatic N) is 2. The van der Waals surface area contributed by atoms with Gasteiger partial charge in [-0.1, -0.05) is 13.8 Å². The largest absolute Gasteiger partial charge is 0.440 e. The van der Waals surface area contributed by atoms with Crippen molar-refractivity contribution < 1.29 is 8.83 Å². The molecule has 0 saturated heterocycles. The number of aromatic nitrogens is 2. The molecule has 2 rings (SSSR count). The zero-order valence-corrected chi connectivity index (χ0v) is 7.27. The SMILES string of the molecule is CC(C)c1nc(=O)oc2ncoc12. The Kier molecular flexibility index (Phi) is 1.65. The summed E-state index contributed by atoms with van der Waals surface area (Å²) in [5.74, 6) is -0.523. The smallest absolute Gasteiger partial charge is 0.438 e. The van der Waals surface area contributed by atoms with Gasteiger partial charge < -0.3 is 8.83 Å². The lowest BCUT2D eigenvalue weighted by Gasteiger charge is -2.00. The Balaban J connectivity index is 2.85. The van der Waals surface area contributed by atoms with Gasteiger partial charge in [0.05, 0.1) is 5.69 Å². The van der Waals surface area contributed by atoms with E-state index in [2.05, 4.69) is 9.97 Å². The molecule has 2 aromatic rings. The molecule has 0 spiro atoms. The van der Waals surface area contributed by atoms with Crippen LogP contribution in [0.5, 0.6) is 0 Å². The molecule has 0 aromatic carbocycles. The lowest BCUT2D eigenvalue weighted by atomic mass is 10.1. The van der Waals surface area contributed by atoms with Gasteiger partial charge in [-0.15, -0.1) is 0 Å². The molecule has 68 valence electrons. The summed E-state index contributed by atoms with van der Waals surface area (Å²) in [5.41, 5.74) is 1.25. The van der Waals surface area contributed by atoms with Gasteiger partial charge in [0.25, 0.3) is 5.71 Å². The van der Waals surface area contributed by atoms with Crippen LogP contribution in [-0.2, 0) is 0 Å². The Hall–Kier alpha value is -1.65. The van der Waals surface area contributed by atoms with Crippen LogP contribution in [0.2, 0.25) is 0 Å². The van der Waals surface area contributed by atoms with E-state index in [9.17, 15) is 4.79 Å². The van der Waals surface area contributed by atoms with Gasteiger partial charge in [-0.25, -0.2) is 4.79 Å². The summed E-state index contributed by atoms with van der Waals surface area (Å²) in [7, 11) is 0. The zero-order chi connectivity index (χ0) is 9.42. The van der Waals surface area contributed by atoms with E-state index in [0.717, 1.165) is 0 Å². The number of hydrogen-bond donors (Lipinski definition) is 0. The fourth-order valence-corrected chi connectivity index (χ4v) is 1.12. The molecule has 0 atom stereocenters. The Morgan fingerprint density at radius 2 is 2.23 bits per heavy atom. The average molecular weight is 180 g/mol. The number of hydrogen-bond acceptors (Lipinski definition) is 5. The van der Waals surface area contributed by atoms with Crippen molar-refractivity contribution in [2.45, 2.75) is 19.8 Å². The van der Waals surface area contributed by atoms with Gasteiger partial charge in [-0.3, -0.25) is 0 Å². The van der Waals surface area contributed by atoms with Crippen molar-refractivity contribution in [3.63, 3.8) is 0 Å². The van der Waals surface area contributed by atoms with Gasteiger partial charge in [0.15, 0.2) is 6.39 Å². The molecule has 0 bridgehead atoms. The van der Waals surface area contributed by atoms with E-state index in [1.165, 1.54) is 6.39 Å². The second kappa shape index (κ2) is 2.69. The van der Waals surface area contributed by atoms with Gasteiger partial charge in [0.1, 0.15) is 0 Å². The molecule has 5 nitrogen and oxygen atoms in total. The fourth-order valence-electron chi connectivity index (χ4n) is 1.12. The summed E-state index contributed by atoms with van der Waals surface area (Å²) in [6.07, 6.45) is 1.24. The first-order valence-corrected chi connectivity index (χ1v) is 3.92. The highest BCUT2D eigenvalue weighted by Crippen LogP contribution is 2.20. The monoisotopic (exact) mass is 180 g/mol. The molecular weight excluding hydrogens is 172 g/mol. The van der Waals surface area contributed by atoms with Crippen LogP contribution in [0.25, 0.3) is 11.3 Å². The molecule has 2 aromatic heterocycles. The van der Waals surface area contributed by atoms with E-state index in [4.69, 9.17) is 8.83 Å². The molecule has 13 heavy (non-hydrogen) atoms. The topological polar surface area (TPSA) is 69.1 Å². The van der Waals surface area contributed by atoms with Crippen LogP contribution in [0.1, 0.15) is 25.5 Å². The van der Waals surface area contributed by atoms with Gasteiger partial charge in [0.2, 0.25) is 5.58 Å². The first-order chi connectivity index (χ1) is 6.18. The molecule has 0 aliphatic rings. The number of fused-ring (bicyclic) bond motifs is 1. The van der Waals surface area contributed by atoms with Gasteiger partial charge >= 0.3 is 5.76 Å². The van der Waals surface area contributed by atoms with Crippen molar-refractivity contribution in [2.75, 3.05) is 0 Å². The summed E-state index contributed by atoms with van der Waals surface area (Å²) in [6.45, 7) is 3.84. The van der Waals surface area contributed by atoms with Crippen LogP contribution in [-0.4, -0.2) is 9.97 Å². The third kappa shape index (κ3) is 1.22. The molecule has 0 fully saturated rings. The molecule has 0 amide bonds. The lowest BCUT2D eigenvalue weighted by Crippen LogP contribution is -2.08. The fraction of sp³-hybridized carbons (Fsp3) is 0.375. The Bertz CT molecular complexity index is 483. The summed E-state index contributed by atoms with van der Waals surface area (Å²) >= 11 is 0. The predicted octanol–water partition coefficient (Wildman–Crippen LogP) is 1.30. The standard InChI is InChI=1S/C8H8N2O3/c1-4(2)5-6-7(9-3-12-6)13-8(11)10-5/h3-4H,1-2H3. The molecule has 0 N–H and O–H groups in total. The number of oxazole rings is 1. The van der Waals surface area contributed by atoms with Crippen molar-refractivity contribution in [2.24, 2.45) is 0 Å². The molecule has 0 unspecified atom stereocenters. The van der Waals surface area contributed by atoms with Crippen LogP contribution >= 0.6 is 0 Å². The van der Waals surface area contributed by atoms with E-state index < -0.39 is 5.76 Å². The highest BCUT2D eigenvalue weighted by atomic mass is 16.4. The molecule has 0 aliphatic carbocycles. The average Bonchev–Trinajstić information content (AvgIpc) is 2.49. The molecule has 5 heteroatoms. The van der Waals surface area contributed by atoms with Crippen LogP contribution in [0.15, 0.2) is 20.0 Å². The third-order valence-electron chi connectivity index (χ3n) is 1.71. The Morgan fingerprint density at radius 1 is 1.46 bits per heavy atom. The van der Waals surface area contributed by atoms with Crippen molar-refractivity contribution in [1.82, 2.24) is 9.97 Å². The van der Waals surface area contributed by atoms with E-state index in [-0.39, 0.29) is 11.6 Å². The first kappa shape index (κ1) is 7.97. The van der Waals surface area contributed by atoms with Crippen LogP contribution in [0, 0.1) is 0 Å². The summed E-state index contributed by atoms with van der Waals surface area (Å²) < 4.78 is 9.78. The van der Waals surface area contributed by atoms with E-state index in [1.807, 2.05) is 13.8 Å². The minimum absolute atomic E-state index is 0.111. The normalized spacial score (nSPS) is 11.3. The zero-order valence-electron chi connectivity index (χ0n) is 7.27. The minimum Gasteiger partial charge on any atom is -0.438 e. The summed E-state index contributed by atoms with van der Waals surface area (Å²) in [4.78, 5) is 18.4. The van der Waals surface area contributed by atoms with Crippen LogP contribution < -0.4 is 5.76 Å². The van der Waals surface area contributed by atoms with Gasteiger partial charge in [-0.2, -0.15) is 9.97 Å². The molecular formula is C8H8N2O3. The van der Waals surface area contributed by atoms with Crippen LogP contribution in [0.3, 0.4) is 0 Å². The molecule has 0 aliphatic heterocycles. The second-order valence-electron chi connectivity index (χ2n) is 3.01. The minimum atomic E-state index is -0.634. The Morgan fingerprint density at radius 3 is 2.92 bits per heavy atom. The van der Waals surface area contributed by atoms with Gasteiger partial charge in [0, 0.05) is 0 Å².